The van der Waals surface area contributed by atoms with Crippen LogP contribution in [-0.2, 0) is 19.4 Å². The average Bonchev–Trinajstić information content (AvgIpc) is 3.11. The van der Waals surface area contributed by atoms with Gasteiger partial charge < -0.3 is 14.1 Å². The zero-order valence-electron chi connectivity index (χ0n) is 11.7. The molecular weight excluding hydrogens is 268 g/mol. The van der Waals surface area contributed by atoms with Crippen molar-refractivity contribution in [3.8, 4) is 0 Å². The Morgan fingerprint density at radius 3 is 2.86 bits per heavy atom. The summed E-state index contributed by atoms with van der Waals surface area (Å²) in [4.78, 5) is 15.8. The maximum atomic E-state index is 11.3. The summed E-state index contributed by atoms with van der Waals surface area (Å²) in [7, 11) is 0. The first-order chi connectivity index (χ1) is 10.2. The molecule has 1 N–H and O–H groups in total. The van der Waals surface area contributed by atoms with Crippen LogP contribution in [0.5, 0.6) is 0 Å². The van der Waals surface area contributed by atoms with Gasteiger partial charge in [0.15, 0.2) is 0 Å². The summed E-state index contributed by atoms with van der Waals surface area (Å²) in [5.74, 6) is 0.859. The lowest BCUT2D eigenvalue weighted by atomic mass is 10.2. The third-order valence-corrected chi connectivity index (χ3v) is 3.57. The molecule has 0 fully saturated rings. The van der Waals surface area contributed by atoms with Crippen LogP contribution in [0.4, 0.5) is 0 Å². The van der Waals surface area contributed by atoms with Gasteiger partial charge >= 0.3 is 5.97 Å². The minimum absolute atomic E-state index is 0.249. The van der Waals surface area contributed by atoms with Crippen molar-refractivity contribution >= 4 is 17.0 Å². The Hall–Kier alpha value is -2.56. The first-order valence-electron chi connectivity index (χ1n) is 6.94. The predicted octanol–water partition coefficient (Wildman–Crippen LogP) is 3.13. The Bertz CT molecular complexity index is 772. The quantitative estimate of drug-likeness (QED) is 0.781. The molecule has 0 spiro atoms. The van der Waals surface area contributed by atoms with Crippen molar-refractivity contribution in [1.82, 2.24) is 9.55 Å². The van der Waals surface area contributed by atoms with Crippen molar-refractivity contribution in [2.24, 2.45) is 0 Å². The summed E-state index contributed by atoms with van der Waals surface area (Å²) < 4.78 is 7.43. The predicted molar refractivity (Wildman–Crippen MR) is 78.5 cm³/mol. The van der Waals surface area contributed by atoms with E-state index in [9.17, 15) is 9.90 Å². The van der Waals surface area contributed by atoms with Crippen LogP contribution in [-0.4, -0.2) is 20.6 Å². The molecule has 2 heterocycles. The topological polar surface area (TPSA) is 68.3 Å². The molecule has 5 nitrogen and oxygen atoms in total. The fourth-order valence-electron chi connectivity index (χ4n) is 2.56. The third-order valence-electron chi connectivity index (χ3n) is 3.57. The molecule has 0 aliphatic carbocycles. The molecule has 0 bridgehead atoms. The maximum absolute atomic E-state index is 11.3. The van der Waals surface area contributed by atoms with E-state index in [4.69, 9.17) is 4.42 Å². The van der Waals surface area contributed by atoms with E-state index in [0.29, 0.717) is 5.52 Å². The molecule has 108 valence electrons. The SMILES string of the molecule is CCc1nc2c(C(=O)O)cccc2n1CCc1ccco1. The molecule has 0 unspecified atom stereocenters. The number of imidazole rings is 1. The lowest BCUT2D eigenvalue weighted by molar-refractivity contribution is 0.0699. The van der Waals surface area contributed by atoms with Gasteiger partial charge in [0.05, 0.1) is 17.3 Å². The number of para-hydroxylation sites is 1. The highest BCUT2D eigenvalue weighted by Crippen LogP contribution is 2.21. The van der Waals surface area contributed by atoms with E-state index in [1.807, 2.05) is 25.1 Å². The molecule has 3 aromatic rings. The summed E-state index contributed by atoms with van der Waals surface area (Å²) >= 11 is 0. The summed E-state index contributed by atoms with van der Waals surface area (Å²) in [6.07, 6.45) is 3.17. The van der Waals surface area contributed by atoms with Crippen molar-refractivity contribution < 1.29 is 14.3 Å². The Morgan fingerprint density at radius 2 is 2.19 bits per heavy atom. The van der Waals surface area contributed by atoms with Gasteiger partial charge in [-0.3, -0.25) is 0 Å². The number of aromatic nitrogens is 2. The number of carboxylic acids is 1. The second-order valence-electron chi connectivity index (χ2n) is 4.84. The molecule has 0 saturated carbocycles. The van der Waals surface area contributed by atoms with E-state index in [0.717, 1.165) is 36.5 Å². The van der Waals surface area contributed by atoms with Crippen LogP contribution in [0.1, 0.15) is 28.9 Å². The first-order valence-corrected chi connectivity index (χ1v) is 6.94. The number of carboxylic acid groups (broad SMARTS) is 1. The average molecular weight is 284 g/mol. The molecule has 0 radical (unpaired) electrons. The number of furan rings is 1. The Kier molecular flexibility index (Phi) is 3.48. The molecule has 0 atom stereocenters. The standard InChI is InChI=1S/C16H16N2O3/c1-2-14-17-15-12(16(19)20)6-3-7-13(15)18(14)9-8-11-5-4-10-21-11/h3-7,10H,2,8-9H2,1H3,(H,19,20). The van der Waals surface area contributed by atoms with Crippen molar-refractivity contribution in [1.29, 1.82) is 0 Å². The largest absolute Gasteiger partial charge is 0.478 e. The molecule has 2 aromatic heterocycles. The van der Waals surface area contributed by atoms with Gasteiger partial charge in [-0.25, -0.2) is 9.78 Å². The number of rotatable bonds is 5. The number of nitrogens with zero attached hydrogens (tertiary/aromatic N) is 2. The minimum Gasteiger partial charge on any atom is -0.478 e. The van der Waals surface area contributed by atoms with Crippen molar-refractivity contribution in [2.45, 2.75) is 26.3 Å². The summed E-state index contributed by atoms with van der Waals surface area (Å²) in [5.41, 5.74) is 1.67. The summed E-state index contributed by atoms with van der Waals surface area (Å²) in [6, 6.07) is 9.07. The van der Waals surface area contributed by atoms with E-state index in [2.05, 4.69) is 9.55 Å². The van der Waals surface area contributed by atoms with Crippen molar-refractivity contribution in [3.05, 3.63) is 53.7 Å². The number of hydrogen-bond acceptors (Lipinski definition) is 3. The highest BCUT2D eigenvalue weighted by molar-refractivity contribution is 6.01. The Balaban J connectivity index is 2.04. The van der Waals surface area contributed by atoms with Gasteiger partial charge in [0.25, 0.3) is 0 Å². The number of aryl methyl sites for hydroxylation is 3. The number of carbonyl (C=O) groups is 1. The number of aromatic carboxylic acids is 1. The van der Waals surface area contributed by atoms with Gasteiger partial charge in [0, 0.05) is 19.4 Å². The number of hydrogen-bond donors (Lipinski definition) is 1. The minimum atomic E-state index is -0.945. The van der Waals surface area contributed by atoms with Crippen LogP contribution in [0.2, 0.25) is 0 Å². The van der Waals surface area contributed by atoms with E-state index in [-0.39, 0.29) is 5.56 Å². The molecule has 0 aliphatic heterocycles. The Morgan fingerprint density at radius 1 is 1.33 bits per heavy atom. The van der Waals surface area contributed by atoms with Crippen LogP contribution in [0.3, 0.4) is 0 Å². The van der Waals surface area contributed by atoms with Gasteiger partial charge in [0.2, 0.25) is 0 Å². The lowest BCUT2D eigenvalue weighted by Crippen LogP contribution is -2.05. The first kappa shape index (κ1) is 13.4. The highest BCUT2D eigenvalue weighted by atomic mass is 16.4. The molecule has 0 aliphatic rings. The van der Waals surface area contributed by atoms with Crippen molar-refractivity contribution in [2.75, 3.05) is 0 Å². The van der Waals surface area contributed by atoms with E-state index >= 15 is 0 Å². The highest BCUT2D eigenvalue weighted by Gasteiger charge is 2.16. The molecule has 0 amide bonds. The van der Waals surface area contributed by atoms with Gasteiger partial charge in [0.1, 0.15) is 17.1 Å². The van der Waals surface area contributed by atoms with E-state index in [1.165, 1.54) is 0 Å². The second kappa shape index (κ2) is 5.44. The van der Waals surface area contributed by atoms with Gasteiger partial charge in [-0.15, -0.1) is 0 Å². The third kappa shape index (κ3) is 2.42. The smallest absolute Gasteiger partial charge is 0.337 e. The summed E-state index contributed by atoms with van der Waals surface area (Å²) in [6.45, 7) is 2.74. The zero-order valence-corrected chi connectivity index (χ0v) is 11.7. The van der Waals surface area contributed by atoms with Crippen LogP contribution in [0.25, 0.3) is 11.0 Å². The van der Waals surface area contributed by atoms with Crippen molar-refractivity contribution in [3.63, 3.8) is 0 Å². The van der Waals surface area contributed by atoms with Gasteiger partial charge in [-0.2, -0.15) is 0 Å². The second-order valence-corrected chi connectivity index (χ2v) is 4.84. The van der Waals surface area contributed by atoms with Crippen LogP contribution in [0, 0.1) is 0 Å². The molecule has 1 aromatic carbocycles. The van der Waals surface area contributed by atoms with Crippen LogP contribution in [0.15, 0.2) is 41.0 Å². The molecule has 3 rings (SSSR count). The van der Waals surface area contributed by atoms with Crippen LogP contribution < -0.4 is 0 Å². The lowest BCUT2D eigenvalue weighted by Gasteiger charge is -2.07. The van der Waals surface area contributed by atoms with Gasteiger partial charge in [-0.05, 0) is 24.3 Å². The van der Waals surface area contributed by atoms with E-state index in [1.54, 1.807) is 18.4 Å². The fraction of sp³-hybridized carbons (Fsp3) is 0.250. The van der Waals surface area contributed by atoms with Crippen LogP contribution >= 0.6 is 0 Å². The molecule has 5 heteroatoms. The van der Waals surface area contributed by atoms with E-state index < -0.39 is 5.97 Å². The molecule has 0 saturated heterocycles. The zero-order chi connectivity index (χ0) is 14.8. The normalized spacial score (nSPS) is 11.1. The molecule has 21 heavy (non-hydrogen) atoms. The Labute approximate surface area is 121 Å². The maximum Gasteiger partial charge on any atom is 0.337 e. The number of benzene rings is 1. The monoisotopic (exact) mass is 284 g/mol. The van der Waals surface area contributed by atoms with Gasteiger partial charge in [-0.1, -0.05) is 13.0 Å². The molecular formula is C16H16N2O3. The fourth-order valence-corrected chi connectivity index (χ4v) is 2.56. The number of fused-ring (bicyclic) bond motifs is 1. The summed E-state index contributed by atoms with van der Waals surface area (Å²) in [5, 5.41) is 9.27.